The van der Waals surface area contributed by atoms with Crippen molar-refractivity contribution < 1.29 is 29.3 Å². The fourth-order valence-corrected chi connectivity index (χ4v) is 3.34. The Kier molecular flexibility index (Phi) is 14.2. The van der Waals surface area contributed by atoms with Crippen LogP contribution >= 0.6 is 12.4 Å². The first-order valence-corrected chi connectivity index (χ1v) is 11.1. The first kappa shape index (κ1) is 29.0. The number of aliphatic hydroxyl groups is 1. The summed E-state index contributed by atoms with van der Waals surface area (Å²) in [5.74, 6) is 0.692. The Morgan fingerprint density at radius 2 is 1.68 bits per heavy atom. The van der Waals surface area contributed by atoms with Gasteiger partial charge in [-0.2, -0.15) is 0 Å². The number of rotatable bonds is 8. The molecule has 34 heavy (non-hydrogen) atoms. The summed E-state index contributed by atoms with van der Waals surface area (Å²) in [6.07, 6.45) is 1.46. The van der Waals surface area contributed by atoms with Crippen LogP contribution in [0.4, 0.5) is 21.0 Å². The molecule has 3 rings (SSSR count). The number of likely N-dealkylation sites (tertiary alicyclic amines) is 1. The van der Waals surface area contributed by atoms with Crippen LogP contribution in [0.2, 0.25) is 0 Å². The number of nitrogens with zero attached hydrogens (tertiary/aromatic N) is 1. The molecule has 1 aliphatic rings. The zero-order valence-electron chi connectivity index (χ0n) is 19.3. The zero-order chi connectivity index (χ0) is 23.9. The van der Waals surface area contributed by atoms with Crippen molar-refractivity contribution in [2.75, 3.05) is 43.5 Å². The predicted molar refractivity (Wildman–Crippen MR) is 134 cm³/mol. The minimum Gasteiger partial charge on any atom is -0.494 e. The molecule has 9 nitrogen and oxygen atoms in total. The summed E-state index contributed by atoms with van der Waals surface area (Å²) in [5, 5.41) is 22.6. The van der Waals surface area contributed by atoms with Gasteiger partial charge in [0.25, 0.3) is 0 Å². The maximum absolute atomic E-state index is 12.0. The maximum Gasteiger partial charge on any atom is 0.412 e. The van der Waals surface area contributed by atoms with E-state index in [0.717, 1.165) is 25.9 Å². The number of halogens is 1. The van der Waals surface area contributed by atoms with Gasteiger partial charge in [0.1, 0.15) is 11.9 Å². The molecule has 0 radical (unpaired) electrons. The number of hydrogen-bond acceptors (Lipinski definition) is 6. The number of benzene rings is 2. The molecule has 0 aromatic heterocycles. The van der Waals surface area contributed by atoms with E-state index in [-0.39, 0.29) is 19.0 Å². The number of carbonyl (C=O) groups is 2. The molecular formula is C24H34ClN3O6. The Morgan fingerprint density at radius 1 is 1.00 bits per heavy atom. The van der Waals surface area contributed by atoms with Crippen molar-refractivity contribution >= 4 is 36.0 Å². The Bertz CT molecular complexity index is 850. The lowest BCUT2D eigenvalue weighted by Gasteiger charge is -2.29. The number of piperidine rings is 1. The van der Waals surface area contributed by atoms with Crippen LogP contribution in [0.25, 0.3) is 0 Å². The number of ether oxygens (including phenoxy) is 2. The van der Waals surface area contributed by atoms with Gasteiger partial charge in [0.05, 0.1) is 13.2 Å². The summed E-state index contributed by atoms with van der Waals surface area (Å²) in [6, 6.07) is 15.9. The van der Waals surface area contributed by atoms with Crippen LogP contribution < -0.4 is 15.4 Å². The molecule has 1 atom stereocenters. The third-order valence-electron chi connectivity index (χ3n) is 4.80. The fraction of sp³-hybridized carbons (Fsp3) is 0.417. The smallest absolute Gasteiger partial charge is 0.412 e. The lowest BCUT2D eigenvalue weighted by Crippen LogP contribution is -2.40. The van der Waals surface area contributed by atoms with Gasteiger partial charge in [-0.3, -0.25) is 15.5 Å². The molecule has 1 heterocycles. The minimum absolute atomic E-state index is 0. The molecule has 2 amide bonds. The first-order chi connectivity index (χ1) is 16.0. The second-order valence-electron chi connectivity index (χ2n) is 7.45. The van der Waals surface area contributed by atoms with Gasteiger partial charge < -0.3 is 19.7 Å². The third-order valence-corrected chi connectivity index (χ3v) is 4.80. The highest BCUT2D eigenvalue weighted by molar-refractivity contribution is 5.85. The van der Waals surface area contributed by atoms with E-state index in [0.29, 0.717) is 30.3 Å². The number of aliphatic hydroxyl groups excluding tert-OH is 1. The molecule has 2 aromatic carbocycles. The normalized spacial score (nSPS) is 13.8. The molecule has 1 aliphatic heterocycles. The average molecular weight is 496 g/mol. The second-order valence-corrected chi connectivity index (χ2v) is 7.45. The molecule has 1 unspecified atom stereocenters. The molecule has 1 fully saturated rings. The quantitative estimate of drug-likeness (QED) is 0.419. The summed E-state index contributed by atoms with van der Waals surface area (Å²) in [7, 11) is 0. The molecule has 0 bridgehead atoms. The monoisotopic (exact) mass is 495 g/mol. The zero-order valence-corrected chi connectivity index (χ0v) is 20.1. The number of para-hydroxylation sites is 1. The first-order valence-electron chi connectivity index (χ1n) is 11.1. The standard InChI is InChI=1S/C17H26N2O4.C7H7NO2.ClH/c1-2-22-15-8-6-7-14(11-15)18-17(21)23-16(13-20)12-19-9-4-3-5-10-19;9-7(10)8-6-4-2-1-3-5-6;/h6-8,11,16,20H,2-5,9-10,12-13H2,1H3,(H,18,21);1-5,8H,(H,9,10);1H. The van der Waals surface area contributed by atoms with Crippen molar-refractivity contribution in [2.24, 2.45) is 0 Å². The Hall–Kier alpha value is -3.01. The molecule has 188 valence electrons. The lowest BCUT2D eigenvalue weighted by atomic mass is 10.1. The van der Waals surface area contributed by atoms with Crippen molar-refractivity contribution in [3.63, 3.8) is 0 Å². The van der Waals surface area contributed by atoms with Gasteiger partial charge in [-0.15, -0.1) is 12.4 Å². The third kappa shape index (κ3) is 11.7. The maximum atomic E-state index is 12.0. The molecule has 0 saturated carbocycles. The Labute approximate surface area is 206 Å². The van der Waals surface area contributed by atoms with Gasteiger partial charge in [-0.1, -0.05) is 30.7 Å². The molecule has 0 spiro atoms. The molecule has 0 aliphatic carbocycles. The van der Waals surface area contributed by atoms with E-state index < -0.39 is 18.3 Å². The Morgan fingerprint density at radius 3 is 2.29 bits per heavy atom. The average Bonchev–Trinajstić information content (AvgIpc) is 2.80. The molecule has 10 heteroatoms. The van der Waals surface area contributed by atoms with Gasteiger partial charge in [0, 0.05) is 24.0 Å². The van der Waals surface area contributed by atoms with Gasteiger partial charge >= 0.3 is 12.2 Å². The highest BCUT2D eigenvalue weighted by Crippen LogP contribution is 2.18. The van der Waals surface area contributed by atoms with Gasteiger partial charge in [-0.05, 0) is 57.1 Å². The van der Waals surface area contributed by atoms with E-state index in [1.807, 2.05) is 19.1 Å². The van der Waals surface area contributed by atoms with E-state index in [2.05, 4.69) is 15.5 Å². The molecule has 4 N–H and O–H groups in total. The number of nitrogens with one attached hydrogen (secondary N) is 2. The number of carbonyl (C=O) groups excluding carboxylic acids is 1. The van der Waals surface area contributed by atoms with Crippen LogP contribution in [0.5, 0.6) is 5.75 Å². The molecule has 2 aromatic rings. The minimum atomic E-state index is -1.04. The summed E-state index contributed by atoms with van der Waals surface area (Å²) >= 11 is 0. The fourth-order valence-electron chi connectivity index (χ4n) is 3.34. The number of amides is 2. The van der Waals surface area contributed by atoms with Crippen molar-refractivity contribution in [3.05, 3.63) is 54.6 Å². The van der Waals surface area contributed by atoms with Crippen molar-refractivity contribution in [1.82, 2.24) is 4.90 Å². The highest BCUT2D eigenvalue weighted by atomic mass is 35.5. The van der Waals surface area contributed by atoms with Crippen molar-refractivity contribution in [2.45, 2.75) is 32.3 Å². The summed E-state index contributed by atoms with van der Waals surface area (Å²) in [6.45, 7) is 4.86. The number of hydrogen-bond donors (Lipinski definition) is 4. The SMILES string of the molecule is CCOc1cccc(NC(=O)OC(CO)CN2CCCCC2)c1.Cl.O=C(O)Nc1ccccc1. The lowest BCUT2D eigenvalue weighted by molar-refractivity contribution is 0.0366. The van der Waals surface area contributed by atoms with E-state index in [4.69, 9.17) is 14.6 Å². The topological polar surface area (TPSA) is 120 Å². The van der Waals surface area contributed by atoms with E-state index in [9.17, 15) is 14.7 Å². The largest absolute Gasteiger partial charge is 0.494 e. The summed E-state index contributed by atoms with van der Waals surface area (Å²) in [5.41, 5.74) is 1.20. The van der Waals surface area contributed by atoms with E-state index >= 15 is 0 Å². The van der Waals surface area contributed by atoms with Crippen LogP contribution in [-0.4, -0.2) is 66.3 Å². The van der Waals surface area contributed by atoms with E-state index in [1.54, 1.807) is 42.5 Å². The van der Waals surface area contributed by atoms with Crippen LogP contribution in [0, 0.1) is 0 Å². The van der Waals surface area contributed by atoms with E-state index in [1.165, 1.54) is 6.42 Å². The summed E-state index contributed by atoms with van der Waals surface area (Å²) in [4.78, 5) is 24.3. The van der Waals surface area contributed by atoms with Gasteiger partial charge in [-0.25, -0.2) is 9.59 Å². The van der Waals surface area contributed by atoms with Gasteiger partial charge in [0.15, 0.2) is 0 Å². The van der Waals surface area contributed by atoms with Crippen LogP contribution in [0.3, 0.4) is 0 Å². The van der Waals surface area contributed by atoms with Crippen LogP contribution in [-0.2, 0) is 4.74 Å². The summed E-state index contributed by atoms with van der Waals surface area (Å²) < 4.78 is 10.7. The number of anilines is 2. The highest BCUT2D eigenvalue weighted by Gasteiger charge is 2.19. The van der Waals surface area contributed by atoms with Crippen molar-refractivity contribution in [1.29, 1.82) is 0 Å². The van der Waals surface area contributed by atoms with Crippen LogP contribution in [0.1, 0.15) is 26.2 Å². The predicted octanol–water partition coefficient (Wildman–Crippen LogP) is 4.68. The van der Waals surface area contributed by atoms with Crippen LogP contribution in [0.15, 0.2) is 54.6 Å². The molecular weight excluding hydrogens is 462 g/mol. The Balaban J connectivity index is 0.000000442. The van der Waals surface area contributed by atoms with Gasteiger partial charge in [0.2, 0.25) is 0 Å². The second kappa shape index (κ2) is 16.6. The number of carboxylic acid groups (broad SMARTS) is 1. The van der Waals surface area contributed by atoms with Crippen molar-refractivity contribution in [3.8, 4) is 5.75 Å². The molecule has 1 saturated heterocycles.